The molecular weight excluding hydrogens is 688 g/mol. The van der Waals surface area contributed by atoms with Crippen LogP contribution in [0.1, 0.15) is 0 Å². The monoisotopic (exact) mass is 712 g/mol. The number of hydrogen-bond donors (Lipinski definition) is 0. The molecule has 0 amide bonds. The standard InChI is InChI=1S/C44H26Br2/c45-35-25-23-33-39-34(24-26-36(46)44(35)39)43-38(30-19-11-4-12-20-30)41-32(28-15-7-2-8-16-28)22-21-31(27-13-5-1-6-14-27)40(41)37(42(33)43)29-17-9-3-10-18-29/h1-26H. The van der Waals surface area contributed by atoms with E-state index in [1.54, 1.807) is 0 Å². The van der Waals surface area contributed by atoms with E-state index in [0.29, 0.717) is 0 Å². The maximum atomic E-state index is 3.91. The lowest BCUT2D eigenvalue weighted by Gasteiger charge is -2.25. The van der Waals surface area contributed by atoms with Crippen LogP contribution in [0.15, 0.2) is 167 Å². The molecular formula is C44H26Br2. The van der Waals surface area contributed by atoms with Crippen LogP contribution in [-0.4, -0.2) is 0 Å². The van der Waals surface area contributed by atoms with Crippen molar-refractivity contribution in [1.29, 1.82) is 0 Å². The maximum absolute atomic E-state index is 3.91. The summed E-state index contributed by atoms with van der Waals surface area (Å²) in [6.07, 6.45) is 0. The lowest BCUT2D eigenvalue weighted by atomic mass is 9.78. The number of hydrogen-bond acceptors (Lipinski definition) is 0. The Hall–Kier alpha value is -4.76. The van der Waals surface area contributed by atoms with E-state index < -0.39 is 0 Å². The highest BCUT2D eigenvalue weighted by Gasteiger charge is 2.33. The molecule has 0 fully saturated rings. The molecule has 0 saturated carbocycles. The third-order valence-electron chi connectivity index (χ3n) is 9.35. The van der Waals surface area contributed by atoms with Crippen molar-refractivity contribution in [3.05, 3.63) is 167 Å². The van der Waals surface area contributed by atoms with Crippen LogP contribution in [-0.2, 0) is 0 Å². The Balaban J connectivity index is 1.62. The molecule has 9 rings (SSSR count). The van der Waals surface area contributed by atoms with E-state index in [2.05, 4.69) is 190 Å². The molecule has 216 valence electrons. The largest absolute Gasteiger partial charge is 0.0622 e. The highest BCUT2D eigenvalue weighted by atomic mass is 79.9. The molecule has 8 aromatic rings. The van der Waals surface area contributed by atoms with Crippen molar-refractivity contribution in [1.82, 2.24) is 0 Å². The SMILES string of the molecule is Brc1ccc2c3c(ccc(Br)c13)-c1c-2c(-c2ccccc2)c2c(-c3ccccc3)ccc(-c3ccccc3)c2c1-c1ccccc1. The summed E-state index contributed by atoms with van der Waals surface area (Å²) in [5.74, 6) is 0. The first-order valence-corrected chi connectivity index (χ1v) is 17.1. The van der Waals surface area contributed by atoms with Crippen molar-refractivity contribution in [3.8, 4) is 66.8 Å². The molecule has 8 aromatic carbocycles. The molecule has 46 heavy (non-hydrogen) atoms. The van der Waals surface area contributed by atoms with Crippen LogP contribution in [0.2, 0.25) is 0 Å². The minimum absolute atomic E-state index is 1.09. The van der Waals surface area contributed by atoms with Crippen LogP contribution >= 0.6 is 31.9 Å². The van der Waals surface area contributed by atoms with Gasteiger partial charge in [0, 0.05) is 14.3 Å². The van der Waals surface area contributed by atoms with Crippen LogP contribution in [0.25, 0.3) is 88.3 Å². The zero-order chi connectivity index (χ0) is 30.8. The second kappa shape index (κ2) is 10.9. The fraction of sp³-hybridized carbons (Fsp3) is 0. The summed E-state index contributed by atoms with van der Waals surface area (Å²) in [6.45, 7) is 0. The van der Waals surface area contributed by atoms with Gasteiger partial charge in [0.25, 0.3) is 0 Å². The van der Waals surface area contributed by atoms with Crippen LogP contribution in [0.4, 0.5) is 0 Å². The van der Waals surface area contributed by atoms with E-state index in [1.807, 2.05) is 0 Å². The van der Waals surface area contributed by atoms with E-state index in [0.717, 1.165) is 8.95 Å². The number of benzene rings is 8. The highest BCUT2D eigenvalue weighted by molar-refractivity contribution is 9.11. The molecule has 0 bridgehead atoms. The van der Waals surface area contributed by atoms with Gasteiger partial charge >= 0.3 is 0 Å². The molecule has 0 atom stereocenters. The van der Waals surface area contributed by atoms with E-state index in [-0.39, 0.29) is 0 Å². The average Bonchev–Trinajstić information content (AvgIpc) is 3.44. The molecule has 0 N–H and O–H groups in total. The van der Waals surface area contributed by atoms with Gasteiger partial charge in [-0.15, -0.1) is 0 Å². The summed E-state index contributed by atoms with van der Waals surface area (Å²) in [5.41, 5.74) is 15.0. The minimum atomic E-state index is 1.09. The second-order valence-electron chi connectivity index (χ2n) is 11.8. The topological polar surface area (TPSA) is 0 Å². The van der Waals surface area contributed by atoms with Crippen molar-refractivity contribution in [3.63, 3.8) is 0 Å². The summed E-state index contributed by atoms with van der Waals surface area (Å²) in [7, 11) is 0. The molecule has 0 saturated heterocycles. The van der Waals surface area contributed by atoms with Gasteiger partial charge in [-0.3, -0.25) is 0 Å². The first-order chi connectivity index (χ1) is 22.7. The number of halogens is 2. The van der Waals surface area contributed by atoms with Gasteiger partial charge in [0.15, 0.2) is 0 Å². The molecule has 0 heterocycles. The van der Waals surface area contributed by atoms with Crippen molar-refractivity contribution >= 4 is 53.4 Å². The molecule has 0 aliphatic heterocycles. The third-order valence-corrected chi connectivity index (χ3v) is 10.7. The molecule has 1 aliphatic rings. The highest BCUT2D eigenvalue weighted by Crippen LogP contribution is 2.61. The predicted molar refractivity (Wildman–Crippen MR) is 203 cm³/mol. The zero-order valence-corrected chi connectivity index (χ0v) is 27.9. The molecule has 0 spiro atoms. The van der Waals surface area contributed by atoms with E-state index in [1.165, 1.54) is 88.3 Å². The minimum Gasteiger partial charge on any atom is -0.0622 e. The summed E-state index contributed by atoms with van der Waals surface area (Å²) < 4.78 is 2.18. The summed E-state index contributed by atoms with van der Waals surface area (Å²) in [4.78, 5) is 0. The van der Waals surface area contributed by atoms with Gasteiger partial charge in [0.05, 0.1) is 0 Å². The molecule has 0 aromatic heterocycles. The summed E-state index contributed by atoms with van der Waals surface area (Å²) in [6, 6.07) is 57.4. The molecule has 0 radical (unpaired) electrons. The lowest BCUT2D eigenvalue weighted by molar-refractivity contribution is 1.59. The Kier molecular flexibility index (Phi) is 6.55. The Morgan fingerprint density at radius 2 is 0.565 bits per heavy atom. The van der Waals surface area contributed by atoms with E-state index >= 15 is 0 Å². The van der Waals surface area contributed by atoms with Gasteiger partial charge < -0.3 is 0 Å². The summed E-state index contributed by atoms with van der Waals surface area (Å²) >= 11 is 7.83. The first kappa shape index (κ1) is 27.5. The Morgan fingerprint density at radius 1 is 0.239 bits per heavy atom. The first-order valence-electron chi connectivity index (χ1n) is 15.5. The van der Waals surface area contributed by atoms with Crippen LogP contribution < -0.4 is 0 Å². The van der Waals surface area contributed by atoms with Gasteiger partial charge in [-0.05, 0) is 95.1 Å². The van der Waals surface area contributed by atoms with Gasteiger partial charge in [0.2, 0.25) is 0 Å². The molecule has 0 nitrogen and oxygen atoms in total. The van der Waals surface area contributed by atoms with Crippen molar-refractivity contribution in [2.45, 2.75) is 0 Å². The summed E-state index contributed by atoms with van der Waals surface area (Å²) in [5, 5.41) is 5.05. The van der Waals surface area contributed by atoms with Gasteiger partial charge in [-0.25, -0.2) is 0 Å². The molecule has 1 aliphatic carbocycles. The van der Waals surface area contributed by atoms with Gasteiger partial charge in [0.1, 0.15) is 0 Å². The van der Waals surface area contributed by atoms with Crippen molar-refractivity contribution in [2.24, 2.45) is 0 Å². The lowest BCUT2D eigenvalue weighted by Crippen LogP contribution is -1.97. The van der Waals surface area contributed by atoms with Crippen molar-refractivity contribution < 1.29 is 0 Å². The number of fused-ring (bicyclic) bond motifs is 4. The number of rotatable bonds is 4. The fourth-order valence-electron chi connectivity index (χ4n) is 7.49. The van der Waals surface area contributed by atoms with Crippen LogP contribution in [0, 0.1) is 0 Å². The molecule has 0 unspecified atom stereocenters. The average molecular weight is 715 g/mol. The quantitative estimate of drug-likeness (QED) is 0.170. The maximum Gasteiger partial charge on any atom is 0.0265 e. The normalized spacial score (nSPS) is 11.7. The van der Waals surface area contributed by atoms with Crippen molar-refractivity contribution in [2.75, 3.05) is 0 Å². The molecule has 2 heteroatoms. The van der Waals surface area contributed by atoms with Gasteiger partial charge in [-0.2, -0.15) is 0 Å². The zero-order valence-electron chi connectivity index (χ0n) is 24.8. The smallest absolute Gasteiger partial charge is 0.0265 e. The predicted octanol–water partition coefficient (Wildman–Crippen LogP) is 13.8. The Bertz CT molecular complexity index is 2280. The fourth-order valence-corrected chi connectivity index (χ4v) is 8.85. The van der Waals surface area contributed by atoms with E-state index in [4.69, 9.17) is 0 Å². The second-order valence-corrected chi connectivity index (χ2v) is 13.5. The van der Waals surface area contributed by atoms with Crippen LogP contribution in [0.5, 0.6) is 0 Å². The Labute approximate surface area is 285 Å². The Morgan fingerprint density at radius 3 is 0.935 bits per heavy atom. The third kappa shape index (κ3) is 4.10. The van der Waals surface area contributed by atoms with Crippen LogP contribution in [0.3, 0.4) is 0 Å². The van der Waals surface area contributed by atoms with E-state index in [9.17, 15) is 0 Å². The van der Waals surface area contributed by atoms with Gasteiger partial charge in [-0.1, -0.05) is 177 Å².